The van der Waals surface area contributed by atoms with Crippen LogP contribution in [0.15, 0.2) is 42.7 Å². The van der Waals surface area contributed by atoms with Crippen molar-refractivity contribution in [2.45, 2.75) is 12.0 Å². The van der Waals surface area contributed by atoms with Crippen LogP contribution in [0.5, 0.6) is 5.75 Å². The third-order valence-electron chi connectivity index (χ3n) is 4.10. The topological polar surface area (TPSA) is 39.5 Å². The van der Waals surface area contributed by atoms with Crippen LogP contribution in [0.1, 0.15) is 23.3 Å². The quantitative estimate of drug-likeness (QED) is 0.870. The summed E-state index contributed by atoms with van der Waals surface area (Å²) in [5.74, 6) is 2.83. The van der Waals surface area contributed by atoms with Crippen molar-refractivity contribution in [1.82, 2.24) is 14.5 Å². The van der Waals surface area contributed by atoms with Gasteiger partial charge in [-0.05, 0) is 37.9 Å². The minimum atomic E-state index is 0.155. The lowest BCUT2D eigenvalue weighted by Gasteiger charge is -2.34. The molecular formula is C17H21N3O2. The number of hydrogen-bond donors (Lipinski definition) is 0. The molecule has 22 heavy (non-hydrogen) atoms. The molecule has 0 bridgehead atoms. The molecule has 0 saturated heterocycles. The fraction of sp³-hybridized carbons (Fsp3) is 0.353. The van der Waals surface area contributed by atoms with Crippen LogP contribution in [0, 0.1) is 0 Å². The summed E-state index contributed by atoms with van der Waals surface area (Å²) in [4.78, 5) is 6.73. The first kappa shape index (κ1) is 14.7. The van der Waals surface area contributed by atoms with Crippen LogP contribution in [-0.4, -0.2) is 42.8 Å². The smallest absolute Gasteiger partial charge is 0.195 e. The summed E-state index contributed by atoms with van der Waals surface area (Å²) < 4.78 is 12.8. The molecule has 3 rings (SSSR count). The molecule has 0 radical (unpaired) electrons. The molecule has 5 nitrogen and oxygen atoms in total. The molecule has 0 N–H and O–H groups in total. The maximum Gasteiger partial charge on any atom is 0.195 e. The number of imidazole rings is 1. The second kappa shape index (κ2) is 5.85. The van der Waals surface area contributed by atoms with Crippen molar-refractivity contribution < 1.29 is 9.47 Å². The van der Waals surface area contributed by atoms with Gasteiger partial charge in [0.25, 0.3) is 0 Å². The molecule has 2 heterocycles. The van der Waals surface area contributed by atoms with Gasteiger partial charge in [-0.3, -0.25) is 9.47 Å². The molecule has 5 heteroatoms. The van der Waals surface area contributed by atoms with Crippen LogP contribution in [0.4, 0.5) is 0 Å². The molecular weight excluding hydrogens is 278 g/mol. The van der Waals surface area contributed by atoms with Crippen molar-refractivity contribution in [1.29, 1.82) is 0 Å². The van der Waals surface area contributed by atoms with Gasteiger partial charge in [0.1, 0.15) is 11.6 Å². The third-order valence-corrected chi connectivity index (χ3v) is 4.10. The molecule has 1 aromatic heterocycles. The highest BCUT2D eigenvalue weighted by molar-refractivity contribution is 5.48. The lowest BCUT2D eigenvalue weighted by molar-refractivity contribution is 0.243. The summed E-state index contributed by atoms with van der Waals surface area (Å²) in [7, 11) is 7.52. The van der Waals surface area contributed by atoms with E-state index in [4.69, 9.17) is 9.47 Å². The van der Waals surface area contributed by atoms with E-state index >= 15 is 0 Å². The van der Waals surface area contributed by atoms with Crippen LogP contribution in [0.25, 0.3) is 5.88 Å². The number of rotatable bonds is 4. The van der Waals surface area contributed by atoms with Gasteiger partial charge in [-0.25, -0.2) is 4.98 Å². The first-order chi connectivity index (χ1) is 10.7. The summed E-state index contributed by atoms with van der Waals surface area (Å²) in [5.41, 5.74) is 1.21. The first-order valence-electron chi connectivity index (χ1n) is 7.25. The Morgan fingerprint density at radius 1 is 1.09 bits per heavy atom. The number of fused-ring (bicyclic) bond motifs is 1. The molecule has 1 aromatic carbocycles. The molecule has 1 aliphatic rings. The molecule has 0 aliphatic carbocycles. The Bertz CT molecular complexity index is 673. The van der Waals surface area contributed by atoms with Gasteiger partial charge >= 0.3 is 0 Å². The third kappa shape index (κ3) is 2.37. The van der Waals surface area contributed by atoms with Crippen molar-refractivity contribution in [3.63, 3.8) is 0 Å². The highest BCUT2D eigenvalue weighted by atomic mass is 16.5. The van der Waals surface area contributed by atoms with E-state index in [1.54, 1.807) is 14.2 Å². The molecule has 1 aliphatic heterocycles. The number of methoxy groups -OCH3 is 2. The van der Waals surface area contributed by atoms with Gasteiger partial charge in [-0.15, -0.1) is 0 Å². The van der Waals surface area contributed by atoms with E-state index in [0.717, 1.165) is 17.5 Å². The van der Waals surface area contributed by atoms with E-state index in [0.29, 0.717) is 0 Å². The van der Waals surface area contributed by atoms with Crippen molar-refractivity contribution in [3.05, 3.63) is 54.1 Å². The first-order valence-corrected chi connectivity index (χ1v) is 7.25. The fourth-order valence-electron chi connectivity index (χ4n) is 3.03. The molecule has 0 fully saturated rings. The average Bonchev–Trinajstić information content (AvgIpc) is 3.02. The molecule has 0 spiro atoms. The summed E-state index contributed by atoms with van der Waals surface area (Å²) in [6, 6.07) is 8.33. The minimum absolute atomic E-state index is 0.155. The van der Waals surface area contributed by atoms with E-state index < -0.39 is 0 Å². The molecule has 116 valence electrons. The van der Waals surface area contributed by atoms with E-state index in [1.807, 2.05) is 29.1 Å². The van der Waals surface area contributed by atoms with Gasteiger partial charge in [0, 0.05) is 18.3 Å². The Balaban J connectivity index is 2.07. The van der Waals surface area contributed by atoms with Gasteiger partial charge in [-0.1, -0.05) is 12.1 Å². The predicted molar refractivity (Wildman–Crippen MR) is 85.7 cm³/mol. The summed E-state index contributed by atoms with van der Waals surface area (Å²) in [6.07, 6.45) is 5.90. The normalized spacial score (nSPS) is 20.5. The zero-order valence-corrected chi connectivity index (χ0v) is 13.4. The van der Waals surface area contributed by atoms with E-state index in [2.05, 4.69) is 42.2 Å². The zero-order valence-electron chi connectivity index (χ0n) is 13.4. The number of likely N-dealkylation sites (N-methyl/N-ethyl adjacent to an activating group) is 1. The highest BCUT2D eigenvalue weighted by Gasteiger charge is 2.34. The Morgan fingerprint density at radius 3 is 2.41 bits per heavy atom. The monoisotopic (exact) mass is 299 g/mol. The number of aromatic nitrogens is 2. The van der Waals surface area contributed by atoms with Gasteiger partial charge < -0.3 is 9.47 Å². The highest BCUT2D eigenvalue weighted by Crippen LogP contribution is 2.40. The molecule has 0 unspecified atom stereocenters. The Hall–Kier alpha value is -2.27. The lowest BCUT2D eigenvalue weighted by atomic mass is 9.88. The second-order valence-corrected chi connectivity index (χ2v) is 5.57. The standard InChI is InChI=1S/C17H21N3O2/c1-19(2)16-14(12-5-7-13(21-3)8-6-12)11-15(22-4)20-10-9-18-17(16)20/h5-11,14,16H,1-4H3/t14-,16-/m1/s1. The number of hydrogen-bond acceptors (Lipinski definition) is 4. The van der Waals surface area contributed by atoms with Crippen molar-refractivity contribution in [3.8, 4) is 5.75 Å². The maximum absolute atomic E-state index is 5.54. The molecule has 0 saturated carbocycles. The van der Waals surface area contributed by atoms with Crippen LogP contribution in [0.3, 0.4) is 0 Å². The van der Waals surface area contributed by atoms with Gasteiger partial charge in [0.2, 0.25) is 0 Å². The molecule has 2 atom stereocenters. The van der Waals surface area contributed by atoms with Crippen molar-refractivity contribution in [2.24, 2.45) is 0 Å². The predicted octanol–water partition coefficient (Wildman–Crippen LogP) is 2.74. The van der Waals surface area contributed by atoms with Crippen LogP contribution >= 0.6 is 0 Å². The maximum atomic E-state index is 5.54. The van der Waals surface area contributed by atoms with Crippen molar-refractivity contribution >= 4 is 5.88 Å². The number of benzene rings is 1. The van der Waals surface area contributed by atoms with Gasteiger partial charge in [-0.2, -0.15) is 0 Å². The second-order valence-electron chi connectivity index (χ2n) is 5.57. The Morgan fingerprint density at radius 2 is 1.82 bits per heavy atom. The largest absolute Gasteiger partial charge is 0.497 e. The molecule has 2 aromatic rings. The summed E-state index contributed by atoms with van der Waals surface area (Å²) in [6.45, 7) is 0. The average molecular weight is 299 g/mol. The summed E-state index contributed by atoms with van der Waals surface area (Å²) >= 11 is 0. The van der Waals surface area contributed by atoms with Crippen molar-refractivity contribution in [2.75, 3.05) is 28.3 Å². The van der Waals surface area contributed by atoms with E-state index in [-0.39, 0.29) is 12.0 Å². The number of nitrogens with zero attached hydrogens (tertiary/aromatic N) is 3. The van der Waals surface area contributed by atoms with Gasteiger partial charge in [0.05, 0.1) is 20.3 Å². The fourth-order valence-corrected chi connectivity index (χ4v) is 3.03. The number of ether oxygens (including phenoxy) is 2. The Kier molecular flexibility index (Phi) is 3.90. The van der Waals surface area contributed by atoms with Crippen LogP contribution < -0.4 is 4.74 Å². The SMILES string of the molecule is COC1=C[C@H](c2ccc(OC)cc2)[C@@H](N(C)C)c2nccn21. The summed E-state index contributed by atoms with van der Waals surface area (Å²) in [5, 5.41) is 0. The van der Waals surface area contributed by atoms with E-state index in [1.165, 1.54) is 5.56 Å². The zero-order chi connectivity index (χ0) is 15.7. The van der Waals surface area contributed by atoms with Crippen LogP contribution in [0.2, 0.25) is 0 Å². The van der Waals surface area contributed by atoms with Crippen LogP contribution in [-0.2, 0) is 4.74 Å². The Labute approximate surface area is 130 Å². The minimum Gasteiger partial charge on any atom is -0.497 e. The van der Waals surface area contributed by atoms with Gasteiger partial charge in [0.15, 0.2) is 5.88 Å². The lowest BCUT2D eigenvalue weighted by Crippen LogP contribution is -2.31. The molecule has 0 amide bonds. The van der Waals surface area contributed by atoms with E-state index in [9.17, 15) is 0 Å².